The summed E-state index contributed by atoms with van der Waals surface area (Å²) < 4.78 is 16.0. The predicted molar refractivity (Wildman–Crippen MR) is 67.0 cm³/mol. The van der Waals surface area contributed by atoms with E-state index in [1.165, 1.54) is 0 Å². The molecule has 5 heteroatoms. The molecule has 0 radical (unpaired) electrons. The Labute approximate surface area is 102 Å². The van der Waals surface area contributed by atoms with Gasteiger partial charge in [0.2, 0.25) is 0 Å². The smallest absolute Gasteiger partial charge is 0.132 e. The number of nitrogens with one attached hydrogen (secondary N) is 2. The van der Waals surface area contributed by atoms with E-state index in [-0.39, 0.29) is 6.17 Å². The van der Waals surface area contributed by atoms with Crippen LogP contribution in [0.3, 0.4) is 0 Å². The number of rotatable bonds is 6. The lowest BCUT2D eigenvalue weighted by atomic mass is 10.1. The number of hydrogen-bond acceptors (Lipinski definition) is 5. The zero-order valence-corrected chi connectivity index (χ0v) is 11.0. The van der Waals surface area contributed by atoms with Gasteiger partial charge in [-0.2, -0.15) is 0 Å². The lowest BCUT2D eigenvalue weighted by Gasteiger charge is -2.22. The average molecular weight is 240 g/mol. The Morgan fingerprint density at radius 3 is 1.65 bits per heavy atom. The second kappa shape index (κ2) is 6.32. The molecule has 0 saturated carbocycles. The number of methoxy groups -OCH3 is 3. The van der Waals surface area contributed by atoms with E-state index < -0.39 is 0 Å². The Hall–Kier alpha value is -1.46. The van der Waals surface area contributed by atoms with Gasteiger partial charge in [-0.15, -0.1) is 0 Å². The lowest BCUT2D eigenvalue weighted by molar-refractivity contribution is 0.354. The summed E-state index contributed by atoms with van der Waals surface area (Å²) in [6.45, 7) is 0. The molecule has 1 aromatic carbocycles. The second-order valence-corrected chi connectivity index (χ2v) is 3.46. The van der Waals surface area contributed by atoms with Crippen molar-refractivity contribution < 1.29 is 14.2 Å². The fourth-order valence-electron chi connectivity index (χ4n) is 1.75. The largest absolute Gasteiger partial charge is 0.496 e. The van der Waals surface area contributed by atoms with Crippen molar-refractivity contribution in [3.05, 3.63) is 17.7 Å². The molecular weight excluding hydrogens is 220 g/mol. The lowest BCUT2D eigenvalue weighted by Crippen LogP contribution is -2.29. The van der Waals surface area contributed by atoms with E-state index in [0.29, 0.717) is 5.75 Å². The molecule has 0 unspecified atom stereocenters. The van der Waals surface area contributed by atoms with Crippen LogP contribution in [0.15, 0.2) is 12.1 Å². The Bertz CT molecular complexity index is 340. The van der Waals surface area contributed by atoms with Crippen molar-refractivity contribution in [3.8, 4) is 17.2 Å². The summed E-state index contributed by atoms with van der Waals surface area (Å²) in [4.78, 5) is 0. The van der Waals surface area contributed by atoms with Gasteiger partial charge in [-0.25, -0.2) is 0 Å². The van der Waals surface area contributed by atoms with Crippen molar-refractivity contribution in [2.45, 2.75) is 6.17 Å². The van der Waals surface area contributed by atoms with Crippen LogP contribution in [0.5, 0.6) is 17.2 Å². The van der Waals surface area contributed by atoms with Gasteiger partial charge in [0, 0.05) is 12.1 Å². The minimum atomic E-state index is -0.0502. The molecular formula is C12H20N2O3. The quantitative estimate of drug-likeness (QED) is 0.731. The first kappa shape index (κ1) is 13.6. The molecule has 0 fully saturated rings. The van der Waals surface area contributed by atoms with E-state index in [1.807, 2.05) is 26.2 Å². The highest BCUT2D eigenvalue weighted by atomic mass is 16.5. The summed E-state index contributed by atoms with van der Waals surface area (Å²) in [6.07, 6.45) is -0.0502. The van der Waals surface area contributed by atoms with Gasteiger partial charge < -0.3 is 24.8 Å². The standard InChI is InChI=1S/C12H20N2O3/c1-13-12(14-2)11-9(16-4)6-8(15-3)7-10(11)17-5/h6-7,12-14H,1-5H3. The van der Waals surface area contributed by atoms with Crippen LogP contribution >= 0.6 is 0 Å². The molecule has 1 aromatic rings. The molecule has 0 saturated heterocycles. The van der Waals surface area contributed by atoms with Crippen LogP contribution in [0.2, 0.25) is 0 Å². The van der Waals surface area contributed by atoms with Crippen molar-refractivity contribution in [1.82, 2.24) is 10.6 Å². The Morgan fingerprint density at radius 1 is 0.882 bits per heavy atom. The molecule has 0 heterocycles. The van der Waals surface area contributed by atoms with Gasteiger partial charge in [-0.3, -0.25) is 0 Å². The van der Waals surface area contributed by atoms with E-state index in [1.54, 1.807) is 21.3 Å². The number of benzene rings is 1. The zero-order valence-electron chi connectivity index (χ0n) is 11.0. The van der Waals surface area contributed by atoms with Crippen molar-refractivity contribution in [2.75, 3.05) is 35.4 Å². The van der Waals surface area contributed by atoms with Crippen LogP contribution in [0.1, 0.15) is 11.7 Å². The topological polar surface area (TPSA) is 51.8 Å². The molecule has 5 nitrogen and oxygen atoms in total. The van der Waals surface area contributed by atoms with Crippen LogP contribution in [-0.4, -0.2) is 35.4 Å². The summed E-state index contributed by atoms with van der Waals surface area (Å²) >= 11 is 0. The summed E-state index contributed by atoms with van der Waals surface area (Å²) in [5.74, 6) is 2.14. The van der Waals surface area contributed by atoms with E-state index in [9.17, 15) is 0 Å². The molecule has 0 amide bonds. The summed E-state index contributed by atoms with van der Waals surface area (Å²) in [7, 11) is 8.59. The average Bonchev–Trinajstić information content (AvgIpc) is 2.39. The SMILES string of the molecule is CNC(NC)c1c(OC)cc(OC)cc1OC. The van der Waals surface area contributed by atoms with Crippen molar-refractivity contribution >= 4 is 0 Å². The fourth-order valence-corrected chi connectivity index (χ4v) is 1.75. The highest BCUT2D eigenvalue weighted by Gasteiger charge is 2.19. The fraction of sp³-hybridized carbons (Fsp3) is 0.500. The molecule has 0 spiro atoms. The highest BCUT2D eigenvalue weighted by molar-refractivity contribution is 5.52. The van der Waals surface area contributed by atoms with Crippen LogP contribution in [-0.2, 0) is 0 Å². The molecule has 17 heavy (non-hydrogen) atoms. The third kappa shape index (κ3) is 2.81. The third-order valence-electron chi connectivity index (χ3n) is 2.62. The normalized spacial score (nSPS) is 10.5. The molecule has 0 aromatic heterocycles. The minimum Gasteiger partial charge on any atom is -0.496 e. The van der Waals surface area contributed by atoms with Gasteiger partial charge in [0.15, 0.2) is 0 Å². The maximum absolute atomic E-state index is 5.37. The summed E-state index contributed by atoms with van der Waals surface area (Å²) in [5.41, 5.74) is 0.917. The molecule has 0 bridgehead atoms. The van der Waals surface area contributed by atoms with Crippen molar-refractivity contribution in [3.63, 3.8) is 0 Å². The molecule has 1 rings (SSSR count). The first-order chi connectivity index (χ1) is 8.21. The van der Waals surface area contributed by atoms with Crippen LogP contribution in [0.4, 0.5) is 0 Å². The van der Waals surface area contributed by atoms with Gasteiger partial charge in [0.25, 0.3) is 0 Å². The van der Waals surface area contributed by atoms with Crippen LogP contribution in [0.25, 0.3) is 0 Å². The molecule has 0 aliphatic carbocycles. The molecule has 2 N–H and O–H groups in total. The molecule has 0 aliphatic rings. The maximum atomic E-state index is 5.37. The van der Waals surface area contributed by atoms with Crippen LogP contribution in [0, 0.1) is 0 Å². The van der Waals surface area contributed by atoms with Gasteiger partial charge in [-0.05, 0) is 14.1 Å². The highest BCUT2D eigenvalue weighted by Crippen LogP contribution is 2.37. The Kier molecular flexibility index (Phi) is 5.06. The minimum absolute atomic E-state index is 0.0502. The number of ether oxygens (including phenoxy) is 3. The van der Waals surface area contributed by atoms with Crippen molar-refractivity contribution in [1.29, 1.82) is 0 Å². The number of hydrogen-bond donors (Lipinski definition) is 2. The van der Waals surface area contributed by atoms with Gasteiger partial charge in [0.05, 0.1) is 33.1 Å². The Balaban J connectivity index is 3.33. The molecule has 0 atom stereocenters. The van der Waals surface area contributed by atoms with Gasteiger partial charge in [-0.1, -0.05) is 0 Å². The van der Waals surface area contributed by atoms with Crippen molar-refractivity contribution in [2.24, 2.45) is 0 Å². The monoisotopic (exact) mass is 240 g/mol. The molecule has 0 aliphatic heterocycles. The van der Waals surface area contributed by atoms with Crippen LogP contribution < -0.4 is 24.8 Å². The van der Waals surface area contributed by atoms with E-state index in [0.717, 1.165) is 17.1 Å². The third-order valence-corrected chi connectivity index (χ3v) is 2.62. The van der Waals surface area contributed by atoms with E-state index in [2.05, 4.69) is 10.6 Å². The second-order valence-electron chi connectivity index (χ2n) is 3.46. The van der Waals surface area contributed by atoms with Gasteiger partial charge >= 0.3 is 0 Å². The predicted octanol–water partition coefficient (Wildman–Crippen LogP) is 1.15. The summed E-state index contributed by atoms with van der Waals surface area (Å²) in [5, 5.41) is 6.29. The molecule has 96 valence electrons. The first-order valence-electron chi connectivity index (χ1n) is 5.36. The Morgan fingerprint density at radius 2 is 1.35 bits per heavy atom. The van der Waals surface area contributed by atoms with E-state index >= 15 is 0 Å². The van der Waals surface area contributed by atoms with Gasteiger partial charge in [0.1, 0.15) is 17.2 Å². The zero-order chi connectivity index (χ0) is 12.8. The summed E-state index contributed by atoms with van der Waals surface area (Å²) in [6, 6.07) is 3.67. The first-order valence-corrected chi connectivity index (χ1v) is 5.36. The maximum Gasteiger partial charge on any atom is 0.132 e. The van der Waals surface area contributed by atoms with E-state index in [4.69, 9.17) is 14.2 Å².